The molecule has 0 N–H and O–H groups in total. The number of hydrogen-bond donors (Lipinski definition) is 0. The maximum absolute atomic E-state index is 11.3. The molecule has 0 bridgehead atoms. The fourth-order valence-corrected chi connectivity index (χ4v) is 5.72. The molecule has 3 nitrogen and oxygen atoms in total. The molecule has 5 heteroatoms. The molecule has 0 aliphatic heterocycles. The monoisotopic (exact) mass is 299 g/mol. The smallest absolute Gasteiger partial charge is 0.121 e. The van der Waals surface area contributed by atoms with Gasteiger partial charge in [0, 0.05) is 34.6 Å². The molecule has 0 aliphatic rings. The van der Waals surface area contributed by atoms with Crippen molar-refractivity contribution in [3.8, 4) is 0 Å². The zero-order chi connectivity index (χ0) is 12.8. The van der Waals surface area contributed by atoms with Gasteiger partial charge in [-0.15, -0.1) is 0 Å². The summed E-state index contributed by atoms with van der Waals surface area (Å²) < 4.78 is 0. The molecule has 0 aliphatic carbocycles. The van der Waals surface area contributed by atoms with Gasteiger partial charge in [0.1, 0.15) is 17.5 Å². The van der Waals surface area contributed by atoms with Gasteiger partial charge in [0.15, 0.2) is 0 Å². The van der Waals surface area contributed by atoms with Crippen molar-refractivity contribution >= 4 is 24.4 Å². The predicted octanol–water partition coefficient (Wildman–Crippen LogP) is 2.03. The van der Waals surface area contributed by atoms with Crippen molar-refractivity contribution < 1.29 is 31.2 Å². The third-order valence-corrected chi connectivity index (χ3v) is 7.86. The molecular weight excluding hydrogens is 282 g/mol. The van der Waals surface area contributed by atoms with Crippen molar-refractivity contribution in [2.24, 2.45) is 0 Å². The van der Waals surface area contributed by atoms with Gasteiger partial charge in [-0.1, -0.05) is 27.7 Å². The summed E-state index contributed by atoms with van der Waals surface area (Å²) in [6, 6.07) is 0. The van der Waals surface area contributed by atoms with Crippen LogP contribution in [0.15, 0.2) is 12.2 Å². The first kappa shape index (κ1) is 18.8. The minimum Gasteiger partial charge on any atom is -0.234 e. The Morgan fingerprint density at radius 1 is 0.882 bits per heavy atom. The first-order valence-electron chi connectivity index (χ1n) is 5.16. The van der Waals surface area contributed by atoms with Crippen LogP contribution in [0.1, 0.15) is 27.7 Å². The third-order valence-electron chi connectivity index (χ3n) is 2.84. The summed E-state index contributed by atoms with van der Waals surface area (Å²) in [6.07, 6.45) is 2.48. The standard InChI is InChI=1S/C12H17O3P.Co/c1-10(2)16(9-15,11(3)4)12(5-7-13)6-8-14;/h5-6,10-12H,1-4H3;. The molecule has 0 amide bonds. The van der Waals surface area contributed by atoms with Crippen molar-refractivity contribution in [3.05, 3.63) is 12.2 Å². The fraction of sp³-hybridized carbons (Fsp3) is 0.583. The van der Waals surface area contributed by atoms with E-state index in [1.54, 1.807) is 11.9 Å². The van der Waals surface area contributed by atoms with Gasteiger partial charge in [-0.25, -0.2) is 14.4 Å². The van der Waals surface area contributed by atoms with Crippen LogP contribution < -0.4 is 0 Å². The third kappa shape index (κ3) is 3.98. The molecular formula is C12H17CoO3P. The second kappa shape index (κ2) is 8.50. The summed E-state index contributed by atoms with van der Waals surface area (Å²) in [5, 5.41) is 0. The minimum absolute atomic E-state index is 0. The van der Waals surface area contributed by atoms with Gasteiger partial charge in [0.05, 0.1) is 0 Å². The molecule has 0 rings (SSSR count). The molecule has 1 radical (unpaired) electrons. The molecule has 97 valence electrons. The van der Waals surface area contributed by atoms with E-state index in [0.717, 1.165) is 0 Å². The van der Waals surface area contributed by atoms with Gasteiger partial charge in [-0.2, -0.15) is 0 Å². The van der Waals surface area contributed by atoms with Crippen molar-refractivity contribution in [1.82, 2.24) is 0 Å². The van der Waals surface area contributed by atoms with Gasteiger partial charge >= 0.3 is 0 Å². The molecule has 17 heavy (non-hydrogen) atoms. The summed E-state index contributed by atoms with van der Waals surface area (Å²) >= 11 is 0. The van der Waals surface area contributed by atoms with Crippen LogP contribution in [0.25, 0.3) is 0 Å². The van der Waals surface area contributed by atoms with Crippen molar-refractivity contribution in [1.29, 1.82) is 0 Å². The van der Waals surface area contributed by atoms with Gasteiger partial charge in [0.25, 0.3) is 0 Å². The van der Waals surface area contributed by atoms with Crippen molar-refractivity contribution in [2.45, 2.75) is 44.7 Å². The van der Waals surface area contributed by atoms with E-state index in [-0.39, 0.29) is 28.1 Å². The summed E-state index contributed by atoms with van der Waals surface area (Å²) in [5.41, 5.74) is 1.79. The SMILES string of the molecule is CC(C)P(=C=O)(C(C)C)C(C=C=O)C=C=O.[Co]. The first-order chi connectivity index (χ1) is 7.47. The summed E-state index contributed by atoms with van der Waals surface area (Å²) in [4.78, 5) is 32.2. The van der Waals surface area contributed by atoms with Crippen LogP contribution in [0.3, 0.4) is 0 Å². The van der Waals surface area contributed by atoms with Crippen LogP contribution >= 0.6 is 6.89 Å². The number of carbonyl (C=O) groups excluding carboxylic acids is 3. The Balaban J connectivity index is 0. The number of hydrogen-bond acceptors (Lipinski definition) is 3. The molecule has 0 fully saturated rings. The quantitative estimate of drug-likeness (QED) is 0.576. The Hall–Kier alpha value is -0.584. The predicted molar refractivity (Wildman–Crippen MR) is 67.2 cm³/mol. The molecule has 0 aromatic heterocycles. The normalized spacial score (nSPS) is 11.9. The summed E-state index contributed by atoms with van der Waals surface area (Å²) in [7, 11) is 0. The second-order valence-electron chi connectivity index (χ2n) is 4.17. The maximum Gasteiger partial charge on any atom is 0.121 e. The Labute approximate surface area is 113 Å². The van der Waals surface area contributed by atoms with Crippen LogP contribution in [-0.4, -0.2) is 34.5 Å². The Morgan fingerprint density at radius 3 is 1.41 bits per heavy atom. The van der Waals surface area contributed by atoms with E-state index in [1.165, 1.54) is 12.2 Å². The first-order valence-corrected chi connectivity index (χ1v) is 7.16. The molecule has 0 saturated carbocycles. The van der Waals surface area contributed by atoms with Gasteiger partial charge in [-0.05, 0) is 18.2 Å². The topological polar surface area (TPSA) is 51.2 Å². The van der Waals surface area contributed by atoms with E-state index in [0.29, 0.717) is 0 Å². The van der Waals surface area contributed by atoms with Gasteiger partial charge in [-0.3, -0.25) is 0 Å². The largest absolute Gasteiger partial charge is 0.234 e. The Morgan fingerprint density at radius 2 is 1.24 bits per heavy atom. The van der Waals surface area contributed by atoms with Gasteiger partial charge in [0.2, 0.25) is 0 Å². The van der Waals surface area contributed by atoms with E-state index in [1.807, 2.05) is 27.7 Å². The van der Waals surface area contributed by atoms with E-state index < -0.39 is 12.5 Å². The molecule has 0 heterocycles. The van der Waals surface area contributed by atoms with Crippen molar-refractivity contribution in [2.75, 3.05) is 0 Å². The molecule has 0 saturated heterocycles. The second-order valence-corrected chi connectivity index (χ2v) is 8.69. The number of rotatable bonds is 5. The number of allylic oxidation sites excluding steroid dienone is 2. The van der Waals surface area contributed by atoms with E-state index in [9.17, 15) is 14.4 Å². The zero-order valence-corrected chi connectivity index (χ0v) is 12.3. The van der Waals surface area contributed by atoms with Crippen LogP contribution in [-0.2, 0) is 31.2 Å². The van der Waals surface area contributed by atoms with E-state index in [2.05, 4.69) is 5.66 Å². The van der Waals surface area contributed by atoms with E-state index >= 15 is 0 Å². The summed E-state index contributed by atoms with van der Waals surface area (Å²) in [6.45, 7) is 5.47. The molecule has 0 spiro atoms. The Bertz CT molecular complexity index is 379. The van der Waals surface area contributed by atoms with Gasteiger partial charge < -0.3 is 0 Å². The Kier molecular flexibility index (Phi) is 9.39. The van der Waals surface area contributed by atoms with Crippen LogP contribution in [0.4, 0.5) is 0 Å². The minimum atomic E-state index is -2.21. The van der Waals surface area contributed by atoms with Crippen LogP contribution in [0, 0.1) is 0 Å². The molecule has 0 aromatic carbocycles. The molecule has 0 aromatic rings. The maximum atomic E-state index is 11.3. The molecule has 0 atom stereocenters. The van der Waals surface area contributed by atoms with Crippen LogP contribution in [0.2, 0.25) is 0 Å². The van der Waals surface area contributed by atoms with Crippen molar-refractivity contribution in [3.63, 3.8) is 0 Å². The average Bonchev–Trinajstić information content (AvgIpc) is 2.19. The van der Waals surface area contributed by atoms with E-state index in [4.69, 9.17) is 0 Å². The summed E-state index contributed by atoms with van der Waals surface area (Å²) in [5.74, 6) is 3.33. The zero-order valence-electron chi connectivity index (χ0n) is 10.4. The van der Waals surface area contributed by atoms with Crippen LogP contribution in [0.5, 0.6) is 0 Å². The average molecular weight is 299 g/mol. The molecule has 0 unspecified atom stereocenters. The fourth-order valence-electron chi connectivity index (χ4n) is 1.99.